The van der Waals surface area contributed by atoms with E-state index in [2.05, 4.69) is 11.8 Å². The fourth-order valence-electron chi connectivity index (χ4n) is 2.89. The molecule has 2 heteroatoms. The van der Waals surface area contributed by atoms with E-state index < -0.39 is 0 Å². The largest absolute Gasteiger partial charge is 0.300 e. The Labute approximate surface area is 80.3 Å². The van der Waals surface area contributed by atoms with Gasteiger partial charge in [0.1, 0.15) is 5.78 Å². The van der Waals surface area contributed by atoms with Crippen molar-refractivity contribution in [2.75, 3.05) is 6.54 Å². The summed E-state index contributed by atoms with van der Waals surface area (Å²) in [6, 6.07) is 1.19. The number of Topliss-reactive ketones (excluding diaryl/α,β-unsaturated/α-hetero) is 1. The molecule has 0 spiro atoms. The molecule has 2 heterocycles. The Balaban J connectivity index is 2.05. The summed E-state index contributed by atoms with van der Waals surface area (Å²) in [6.45, 7) is 3.43. The van der Waals surface area contributed by atoms with Gasteiger partial charge in [-0.05, 0) is 25.8 Å². The molecule has 2 rings (SSSR count). The van der Waals surface area contributed by atoms with Gasteiger partial charge in [0, 0.05) is 24.9 Å². The standard InChI is InChI=1S/C11H19NO/c1-2-6-12-9-4-3-5-10(12)8-11(13)7-9/h9-10H,2-8H2,1H3/t9-,10+. The lowest BCUT2D eigenvalue weighted by molar-refractivity contribution is -0.127. The van der Waals surface area contributed by atoms with Crippen LogP contribution in [-0.2, 0) is 4.79 Å². The molecule has 2 aliphatic rings. The van der Waals surface area contributed by atoms with Gasteiger partial charge in [0.15, 0.2) is 0 Å². The third-order valence-corrected chi connectivity index (χ3v) is 3.42. The number of hydrogen-bond acceptors (Lipinski definition) is 2. The number of rotatable bonds is 2. The highest BCUT2D eigenvalue weighted by molar-refractivity contribution is 5.80. The average Bonchev–Trinajstić information content (AvgIpc) is 2.07. The normalized spacial score (nSPS) is 35.0. The van der Waals surface area contributed by atoms with Gasteiger partial charge in [-0.2, -0.15) is 0 Å². The molecule has 0 aromatic rings. The minimum absolute atomic E-state index is 0.502. The molecular weight excluding hydrogens is 162 g/mol. The van der Waals surface area contributed by atoms with E-state index in [9.17, 15) is 4.79 Å². The maximum absolute atomic E-state index is 11.4. The summed E-state index contributed by atoms with van der Waals surface area (Å²) in [4.78, 5) is 14.0. The van der Waals surface area contributed by atoms with Gasteiger partial charge in [-0.3, -0.25) is 9.69 Å². The van der Waals surface area contributed by atoms with Gasteiger partial charge in [0.2, 0.25) is 0 Å². The first-order valence-corrected chi connectivity index (χ1v) is 5.58. The van der Waals surface area contributed by atoms with E-state index >= 15 is 0 Å². The summed E-state index contributed by atoms with van der Waals surface area (Å²) in [5, 5.41) is 0. The van der Waals surface area contributed by atoms with E-state index in [-0.39, 0.29) is 0 Å². The summed E-state index contributed by atoms with van der Waals surface area (Å²) in [5.74, 6) is 0.502. The van der Waals surface area contributed by atoms with Crippen molar-refractivity contribution in [3.05, 3.63) is 0 Å². The van der Waals surface area contributed by atoms with Crippen molar-refractivity contribution in [1.82, 2.24) is 4.90 Å². The van der Waals surface area contributed by atoms with E-state index in [4.69, 9.17) is 0 Å². The van der Waals surface area contributed by atoms with Crippen LogP contribution in [-0.4, -0.2) is 29.3 Å². The third-order valence-electron chi connectivity index (χ3n) is 3.42. The second kappa shape index (κ2) is 3.79. The van der Waals surface area contributed by atoms with Crippen LogP contribution < -0.4 is 0 Å². The first kappa shape index (κ1) is 9.20. The number of ketones is 1. The minimum atomic E-state index is 0.502. The second-order valence-electron chi connectivity index (χ2n) is 4.42. The Hall–Kier alpha value is -0.370. The van der Waals surface area contributed by atoms with E-state index in [1.54, 1.807) is 0 Å². The van der Waals surface area contributed by atoms with Gasteiger partial charge >= 0.3 is 0 Å². The van der Waals surface area contributed by atoms with Crippen molar-refractivity contribution in [3.8, 4) is 0 Å². The van der Waals surface area contributed by atoms with Crippen molar-refractivity contribution in [1.29, 1.82) is 0 Å². The van der Waals surface area contributed by atoms with E-state index in [1.807, 2.05) is 0 Å². The topological polar surface area (TPSA) is 20.3 Å². The summed E-state index contributed by atoms with van der Waals surface area (Å²) in [6.07, 6.45) is 6.72. The monoisotopic (exact) mass is 181 g/mol. The second-order valence-corrected chi connectivity index (χ2v) is 4.42. The van der Waals surface area contributed by atoms with Crippen LogP contribution in [0.2, 0.25) is 0 Å². The van der Waals surface area contributed by atoms with Crippen molar-refractivity contribution >= 4 is 5.78 Å². The highest BCUT2D eigenvalue weighted by atomic mass is 16.1. The molecule has 0 radical (unpaired) electrons. The summed E-state index contributed by atoms with van der Waals surface area (Å²) >= 11 is 0. The predicted molar refractivity (Wildman–Crippen MR) is 52.7 cm³/mol. The van der Waals surface area contributed by atoms with Crippen LogP contribution in [0, 0.1) is 0 Å². The Kier molecular flexibility index (Phi) is 2.68. The van der Waals surface area contributed by atoms with Gasteiger partial charge in [0.05, 0.1) is 0 Å². The number of piperidine rings is 2. The van der Waals surface area contributed by atoms with Crippen LogP contribution in [0.4, 0.5) is 0 Å². The molecule has 2 fully saturated rings. The fourth-order valence-corrected chi connectivity index (χ4v) is 2.89. The number of nitrogens with zero attached hydrogens (tertiary/aromatic N) is 1. The SMILES string of the molecule is CCCN1[C@@H]2CCC[C@H]1CC(=O)C2. The quantitative estimate of drug-likeness (QED) is 0.649. The molecule has 2 aliphatic heterocycles. The molecular formula is C11H19NO. The molecule has 0 saturated carbocycles. The lowest BCUT2D eigenvalue weighted by atomic mass is 9.84. The molecule has 2 nitrogen and oxygen atoms in total. The molecule has 0 amide bonds. The van der Waals surface area contributed by atoms with Crippen molar-refractivity contribution < 1.29 is 4.79 Å². The molecule has 2 saturated heterocycles. The summed E-state index contributed by atoms with van der Waals surface area (Å²) in [7, 11) is 0. The molecule has 74 valence electrons. The first-order valence-electron chi connectivity index (χ1n) is 5.58. The molecule has 13 heavy (non-hydrogen) atoms. The lowest BCUT2D eigenvalue weighted by Crippen LogP contribution is -2.52. The minimum Gasteiger partial charge on any atom is -0.300 e. The van der Waals surface area contributed by atoms with Crippen LogP contribution in [0.25, 0.3) is 0 Å². The van der Waals surface area contributed by atoms with Crippen LogP contribution in [0.15, 0.2) is 0 Å². The van der Waals surface area contributed by atoms with Crippen LogP contribution in [0.1, 0.15) is 45.4 Å². The number of carbonyl (C=O) groups excluding carboxylic acids is 1. The van der Waals surface area contributed by atoms with Crippen LogP contribution >= 0.6 is 0 Å². The Bertz CT molecular complexity index is 186. The highest BCUT2D eigenvalue weighted by Crippen LogP contribution is 2.31. The fraction of sp³-hybridized carbons (Fsp3) is 0.909. The maximum Gasteiger partial charge on any atom is 0.136 e. The Morgan fingerprint density at radius 3 is 2.46 bits per heavy atom. The maximum atomic E-state index is 11.4. The number of carbonyl (C=O) groups is 1. The number of fused-ring (bicyclic) bond motifs is 2. The molecule has 2 atom stereocenters. The molecule has 0 aromatic heterocycles. The van der Waals surface area contributed by atoms with Gasteiger partial charge < -0.3 is 0 Å². The Morgan fingerprint density at radius 1 is 1.31 bits per heavy atom. The zero-order chi connectivity index (χ0) is 9.26. The third kappa shape index (κ3) is 1.78. The van der Waals surface area contributed by atoms with Crippen molar-refractivity contribution in [3.63, 3.8) is 0 Å². The van der Waals surface area contributed by atoms with Crippen molar-refractivity contribution in [2.45, 2.75) is 57.5 Å². The van der Waals surface area contributed by atoms with Gasteiger partial charge in [-0.1, -0.05) is 13.3 Å². The highest BCUT2D eigenvalue weighted by Gasteiger charge is 2.36. The van der Waals surface area contributed by atoms with Gasteiger partial charge in [-0.15, -0.1) is 0 Å². The van der Waals surface area contributed by atoms with E-state index in [0.717, 1.165) is 12.8 Å². The average molecular weight is 181 g/mol. The van der Waals surface area contributed by atoms with Crippen molar-refractivity contribution in [2.24, 2.45) is 0 Å². The first-order chi connectivity index (χ1) is 6.31. The summed E-state index contributed by atoms with van der Waals surface area (Å²) in [5.41, 5.74) is 0. The molecule has 0 N–H and O–H groups in total. The molecule has 0 aromatic carbocycles. The van der Waals surface area contributed by atoms with E-state index in [0.29, 0.717) is 17.9 Å². The molecule has 2 bridgehead atoms. The molecule has 0 unspecified atom stereocenters. The Morgan fingerprint density at radius 2 is 1.92 bits per heavy atom. The lowest BCUT2D eigenvalue weighted by Gasteiger charge is -2.45. The van der Waals surface area contributed by atoms with Crippen LogP contribution in [0.5, 0.6) is 0 Å². The zero-order valence-corrected chi connectivity index (χ0v) is 8.46. The zero-order valence-electron chi connectivity index (χ0n) is 8.46. The molecule has 0 aliphatic carbocycles. The predicted octanol–water partition coefficient (Wildman–Crippen LogP) is 1.98. The van der Waals surface area contributed by atoms with Crippen LogP contribution in [0.3, 0.4) is 0 Å². The van der Waals surface area contributed by atoms with Gasteiger partial charge in [0.25, 0.3) is 0 Å². The van der Waals surface area contributed by atoms with E-state index in [1.165, 1.54) is 32.2 Å². The van der Waals surface area contributed by atoms with Gasteiger partial charge in [-0.25, -0.2) is 0 Å². The number of hydrogen-bond donors (Lipinski definition) is 0. The smallest absolute Gasteiger partial charge is 0.136 e. The summed E-state index contributed by atoms with van der Waals surface area (Å²) < 4.78 is 0.